The van der Waals surface area contributed by atoms with Crippen LogP contribution in [0.15, 0.2) is 30.5 Å². The van der Waals surface area contributed by atoms with Crippen LogP contribution >= 0.6 is 0 Å². The number of rotatable bonds is 2. The van der Waals surface area contributed by atoms with Gasteiger partial charge in [-0.25, -0.2) is 0 Å². The molecule has 3 N–H and O–H groups in total. The molecule has 0 aliphatic carbocycles. The van der Waals surface area contributed by atoms with Gasteiger partial charge in [0.25, 0.3) is 5.91 Å². The van der Waals surface area contributed by atoms with Crippen molar-refractivity contribution in [2.75, 3.05) is 17.7 Å². The Bertz CT molecular complexity index is 592. The maximum Gasteiger partial charge on any atom is 0.280 e. The molecule has 0 aliphatic heterocycles. The minimum Gasteiger partial charge on any atom is -0.508 e. The van der Waals surface area contributed by atoms with Gasteiger partial charge in [0.05, 0.1) is 5.69 Å². The largest absolute Gasteiger partial charge is 0.508 e. The van der Waals surface area contributed by atoms with Gasteiger partial charge in [-0.1, -0.05) is 6.07 Å². The number of nitrogens with zero attached hydrogens (tertiary/aromatic N) is 3. The van der Waals surface area contributed by atoms with Crippen LogP contribution in [0.5, 0.6) is 5.75 Å². The average molecular weight is 246 g/mol. The number of aromatic nitrogens is 2. The molecule has 0 bridgehead atoms. The van der Waals surface area contributed by atoms with E-state index in [0.29, 0.717) is 11.4 Å². The third kappa shape index (κ3) is 2.13. The standard InChI is InChI=1S/C12H14N4O2/c1-15-7-10(13)11(14-15)12(18)16(2)8-4-3-5-9(17)6-8/h3-7,17H,13H2,1-2H3. The summed E-state index contributed by atoms with van der Waals surface area (Å²) in [6.45, 7) is 0. The van der Waals surface area contributed by atoms with Crippen molar-refractivity contribution in [2.24, 2.45) is 7.05 Å². The third-order valence-corrected chi connectivity index (χ3v) is 2.58. The van der Waals surface area contributed by atoms with Crippen LogP contribution in [0.4, 0.5) is 11.4 Å². The van der Waals surface area contributed by atoms with E-state index >= 15 is 0 Å². The summed E-state index contributed by atoms with van der Waals surface area (Å²) in [5.74, 6) is -0.222. The molecule has 1 heterocycles. The van der Waals surface area contributed by atoms with Crippen molar-refractivity contribution in [3.8, 4) is 5.75 Å². The highest BCUT2D eigenvalue weighted by Gasteiger charge is 2.19. The van der Waals surface area contributed by atoms with E-state index in [1.165, 1.54) is 21.7 Å². The first-order valence-corrected chi connectivity index (χ1v) is 5.35. The second-order valence-corrected chi connectivity index (χ2v) is 3.99. The van der Waals surface area contributed by atoms with Crippen molar-refractivity contribution in [1.29, 1.82) is 0 Å². The number of nitrogen functional groups attached to an aromatic ring is 1. The molecule has 2 aromatic rings. The van der Waals surface area contributed by atoms with Crippen LogP contribution in [0.1, 0.15) is 10.5 Å². The quantitative estimate of drug-likeness (QED) is 0.827. The first-order valence-electron chi connectivity index (χ1n) is 5.35. The number of carbonyl (C=O) groups is 1. The van der Waals surface area contributed by atoms with Gasteiger partial charge in [-0.3, -0.25) is 9.48 Å². The van der Waals surface area contributed by atoms with E-state index < -0.39 is 0 Å². The molecule has 0 unspecified atom stereocenters. The molecule has 0 saturated carbocycles. The maximum absolute atomic E-state index is 12.2. The Morgan fingerprint density at radius 1 is 1.50 bits per heavy atom. The van der Waals surface area contributed by atoms with E-state index in [4.69, 9.17) is 5.73 Å². The molecule has 94 valence electrons. The lowest BCUT2D eigenvalue weighted by molar-refractivity contribution is 0.0988. The van der Waals surface area contributed by atoms with Crippen molar-refractivity contribution in [3.63, 3.8) is 0 Å². The van der Waals surface area contributed by atoms with Crippen molar-refractivity contribution < 1.29 is 9.90 Å². The van der Waals surface area contributed by atoms with Crippen molar-refractivity contribution >= 4 is 17.3 Å². The molecule has 18 heavy (non-hydrogen) atoms. The number of hydrogen-bond acceptors (Lipinski definition) is 4. The van der Waals surface area contributed by atoms with Gasteiger partial charge in [-0.05, 0) is 12.1 Å². The van der Waals surface area contributed by atoms with E-state index in [9.17, 15) is 9.90 Å². The molecule has 0 spiro atoms. The Kier molecular flexibility index (Phi) is 2.93. The van der Waals surface area contributed by atoms with Crippen LogP contribution in [0.2, 0.25) is 0 Å². The molecule has 2 rings (SSSR count). The van der Waals surface area contributed by atoms with Gasteiger partial charge in [0.1, 0.15) is 5.75 Å². The number of phenols is 1. The van der Waals surface area contributed by atoms with Crippen LogP contribution in [-0.4, -0.2) is 27.8 Å². The topological polar surface area (TPSA) is 84.4 Å². The molecule has 0 saturated heterocycles. The number of nitrogens with two attached hydrogens (primary N) is 1. The number of aromatic hydroxyl groups is 1. The zero-order chi connectivity index (χ0) is 13.3. The number of amides is 1. The summed E-state index contributed by atoms with van der Waals surface area (Å²) in [4.78, 5) is 13.6. The normalized spacial score (nSPS) is 10.3. The summed E-state index contributed by atoms with van der Waals surface area (Å²) in [7, 11) is 3.30. The van der Waals surface area contributed by atoms with Gasteiger partial charge in [0, 0.05) is 32.0 Å². The monoisotopic (exact) mass is 246 g/mol. The number of aryl methyl sites for hydroxylation is 1. The van der Waals surface area contributed by atoms with Crippen molar-refractivity contribution in [3.05, 3.63) is 36.2 Å². The number of hydrogen-bond donors (Lipinski definition) is 2. The molecule has 1 amide bonds. The lowest BCUT2D eigenvalue weighted by Crippen LogP contribution is -2.27. The highest BCUT2D eigenvalue weighted by atomic mass is 16.3. The van der Waals surface area contributed by atoms with E-state index in [0.717, 1.165) is 0 Å². The zero-order valence-corrected chi connectivity index (χ0v) is 10.2. The predicted molar refractivity (Wildman–Crippen MR) is 68.5 cm³/mol. The van der Waals surface area contributed by atoms with Crippen LogP contribution in [0, 0.1) is 0 Å². The maximum atomic E-state index is 12.2. The van der Waals surface area contributed by atoms with Crippen LogP contribution < -0.4 is 10.6 Å². The zero-order valence-electron chi connectivity index (χ0n) is 10.2. The summed E-state index contributed by atoms with van der Waals surface area (Å²) in [6.07, 6.45) is 1.57. The highest BCUT2D eigenvalue weighted by Crippen LogP contribution is 2.21. The average Bonchev–Trinajstić information content (AvgIpc) is 2.66. The molecule has 1 aromatic carbocycles. The number of benzene rings is 1. The molecular weight excluding hydrogens is 232 g/mol. The minimum atomic E-state index is -0.321. The Morgan fingerprint density at radius 2 is 2.22 bits per heavy atom. The summed E-state index contributed by atoms with van der Waals surface area (Å²) in [5.41, 5.74) is 6.81. The number of anilines is 2. The Morgan fingerprint density at radius 3 is 2.78 bits per heavy atom. The van der Waals surface area contributed by atoms with Crippen LogP contribution in [-0.2, 0) is 7.05 Å². The molecule has 1 aromatic heterocycles. The van der Waals surface area contributed by atoms with Gasteiger partial charge in [0.2, 0.25) is 0 Å². The second kappa shape index (κ2) is 4.40. The summed E-state index contributed by atoms with van der Waals surface area (Å²) >= 11 is 0. The van der Waals surface area contributed by atoms with Crippen molar-refractivity contribution in [1.82, 2.24) is 9.78 Å². The Labute approximate surface area is 104 Å². The fourth-order valence-corrected chi connectivity index (χ4v) is 1.65. The second-order valence-electron chi connectivity index (χ2n) is 3.99. The van der Waals surface area contributed by atoms with Crippen molar-refractivity contribution in [2.45, 2.75) is 0 Å². The Balaban J connectivity index is 2.32. The van der Waals surface area contributed by atoms with E-state index in [2.05, 4.69) is 5.10 Å². The number of phenolic OH excluding ortho intramolecular Hbond substituents is 1. The molecule has 6 nitrogen and oxygen atoms in total. The van der Waals surface area contributed by atoms with Crippen LogP contribution in [0.3, 0.4) is 0 Å². The SMILES string of the molecule is CN(C(=O)c1nn(C)cc1N)c1cccc(O)c1. The fourth-order valence-electron chi connectivity index (χ4n) is 1.65. The van der Waals surface area contributed by atoms with Gasteiger partial charge in [-0.2, -0.15) is 5.10 Å². The lowest BCUT2D eigenvalue weighted by atomic mass is 10.2. The van der Waals surface area contributed by atoms with Gasteiger partial charge < -0.3 is 15.7 Å². The lowest BCUT2D eigenvalue weighted by Gasteiger charge is -2.16. The highest BCUT2D eigenvalue weighted by molar-refractivity contribution is 6.07. The third-order valence-electron chi connectivity index (χ3n) is 2.58. The van der Waals surface area contributed by atoms with Gasteiger partial charge in [0.15, 0.2) is 5.69 Å². The summed E-state index contributed by atoms with van der Waals surface area (Å²) in [6, 6.07) is 6.42. The van der Waals surface area contributed by atoms with Gasteiger partial charge in [-0.15, -0.1) is 0 Å². The molecule has 0 radical (unpaired) electrons. The first-order chi connectivity index (χ1) is 8.49. The predicted octanol–water partition coefficient (Wildman–Crippen LogP) is 0.984. The molecule has 0 aliphatic rings. The summed E-state index contributed by atoms with van der Waals surface area (Å²) < 4.78 is 1.48. The minimum absolute atomic E-state index is 0.0983. The molecule has 6 heteroatoms. The Hall–Kier alpha value is -2.50. The molecule has 0 fully saturated rings. The smallest absolute Gasteiger partial charge is 0.280 e. The number of carbonyl (C=O) groups excluding carboxylic acids is 1. The fraction of sp³-hybridized carbons (Fsp3) is 0.167. The van der Waals surface area contributed by atoms with Gasteiger partial charge >= 0.3 is 0 Å². The van der Waals surface area contributed by atoms with E-state index in [1.54, 1.807) is 32.4 Å². The molecule has 0 atom stereocenters. The van der Waals surface area contributed by atoms with Crippen LogP contribution in [0.25, 0.3) is 0 Å². The van der Waals surface area contributed by atoms with E-state index in [-0.39, 0.29) is 17.4 Å². The molecular formula is C12H14N4O2. The first kappa shape index (κ1) is 12.0. The van der Waals surface area contributed by atoms with E-state index in [1.807, 2.05) is 0 Å². The summed E-state index contributed by atoms with van der Waals surface area (Å²) in [5, 5.41) is 13.4.